The van der Waals surface area contributed by atoms with Crippen molar-refractivity contribution < 1.29 is 23.1 Å². The third-order valence-electron chi connectivity index (χ3n) is 4.96. The largest absolute Gasteiger partial charge is 0.394 e. The molecular formula is C21H22F3N3O2. The Morgan fingerprint density at radius 3 is 2.52 bits per heavy atom. The van der Waals surface area contributed by atoms with E-state index in [0.29, 0.717) is 28.6 Å². The first-order chi connectivity index (χ1) is 13.8. The summed E-state index contributed by atoms with van der Waals surface area (Å²) in [6, 6.07) is 6.99. The third kappa shape index (κ3) is 4.37. The topological polar surface area (TPSA) is 68.4 Å². The number of carbonyl (C=O) groups excluding carboxylic acids is 1. The summed E-state index contributed by atoms with van der Waals surface area (Å²) in [5.41, 5.74) is 1.92. The fourth-order valence-electron chi connectivity index (χ4n) is 3.14. The van der Waals surface area contributed by atoms with Gasteiger partial charge in [-0.3, -0.25) is 0 Å². The Labute approximate surface area is 166 Å². The number of aliphatic hydroxyl groups is 1. The highest BCUT2D eigenvalue weighted by Gasteiger charge is 2.18. The number of halogens is 3. The van der Waals surface area contributed by atoms with Crippen molar-refractivity contribution in [1.82, 2.24) is 15.2 Å². The van der Waals surface area contributed by atoms with Crippen molar-refractivity contribution in [2.24, 2.45) is 0 Å². The van der Waals surface area contributed by atoms with E-state index in [9.17, 15) is 18.0 Å². The number of carbonyl (C=O) groups is 1. The molecular weight excluding hydrogens is 383 g/mol. The molecule has 0 spiro atoms. The fraction of sp³-hybridized carbons (Fsp3) is 0.286. The molecule has 1 atom stereocenters. The van der Waals surface area contributed by atoms with Gasteiger partial charge in [-0.15, -0.1) is 0 Å². The zero-order valence-electron chi connectivity index (χ0n) is 16.1. The van der Waals surface area contributed by atoms with Crippen molar-refractivity contribution in [2.45, 2.75) is 19.4 Å². The van der Waals surface area contributed by atoms with Crippen LogP contribution in [0.25, 0.3) is 22.2 Å². The lowest BCUT2D eigenvalue weighted by Gasteiger charge is -2.23. The van der Waals surface area contributed by atoms with E-state index in [1.165, 1.54) is 23.1 Å². The number of fused-ring (bicyclic) bond motifs is 1. The van der Waals surface area contributed by atoms with Gasteiger partial charge in [0.1, 0.15) is 17.5 Å². The van der Waals surface area contributed by atoms with E-state index in [-0.39, 0.29) is 30.7 Å². The lowest BCUT2D eigenvalue weighted by Crippen LogP contribution is -2.44. The molecule has 2 aromatic carbocycles. The molecule has 154 valence electrons. The van der Waals surface area contributed by atoms with Crippen LogP contribution in [0.15, 0.2) is 36.4 Å². The van der Waals surface area contributed by atoms with Crippen LogP contribution in [0.4, 0.5) is 18.0 Å². The van der Waals surface area contributed by atoms with E-state index < -0.39 is 17.5 Å². The van der Waals surface area contributed by atoms with Crippen molar-refractivity contribution in [3.8, 4) is 11.3 Å². The summed E-state index contributed by atoms with van der Waals surface area (Å²) in [5.74, 6) is -1.84. The summed E-state index contributed by atoms with van der Waals surface area (Å²) < 4.78 is 41.4. The number of amides is 2. The van der Waals surface area contributed by atoms with Gasteiger partial charge in [0.05, 0.1) is 18.2 Å². The first-order valence-corrected chi connectivity index (χ1v) is 9.19. The van der Waals surface area contributed by atoms with Gasteiger partial charge in [-0.25, -0.2) is 18.0 Å². The highest BCUT2D eigenvalue weighted by Crippen LogP contribution is 2.32. The minimum absolute atomic E-state index is 0.151. The van der Waals surface area contributed by atoms with Crippen LogP contribution in [0.5, 0.6) is 0 Å². The molecule has 0 bridgehead atoms. The van der Waals surface area contributed by atoms with Crippen LogP contribution in [-0.4, -0.2) is 47.3 Å². The lowest BCUT2D eigenvalue weighted by molar-refractivity contribution is 0.157. The van der Waals surface area contributed by atoms with Gasteiger partial charge in [0.25, 0.3) is 0 Å². The maximum Gasteiger partial charge on any atom is 0.317 e. The number of urea groups is 1. The molecule has 0 unspecified atom stereocenters. The van der Waals surface area contributed by atoms with E-state index in [0.717, 1.165) is 6.07 Å². The Balaban J connectivity index is 1.91. The number of aromatic amines is 1. The molecule has 0 aliphatic rings. The number of hydrogen-bond donors (Lipinski definition) is 3. The molecule has 0 saturated heterocycles. The molecule has 8 heteroatoms. The van der Waals surface area contributed by atoms with Gasteiger partial charge in [-0.1, -0.05) is 0 Å². The van der Waals surface area contributed by atoms with E-state index in [1.54, 1.807) is 26.1 Å². The summed E-state index contributed by atoms with van der Waals surface area (Å²) in [7, 11) is 1.57. The molecule has 2 amide bonds. The number of H-pyrrole nitrogens is 1. The van der Waals surface area contributed by atoms with Crippen molar-refractivity contribution in [3.63, 3.8) is 0 Å². The van der Waals surface area contributed by atoms with Crippen molar-refractivity contribution >= 4 is 16.9 Å². The van der Waals surface area contributed by atoms with Gasteiger partial charge in [-0.2, -0.15) is 0 Å². The molecule has 3 N–H and O–H groups in total. The fourth-order valence-corrected chi connectivity index (χ4v) is 3.14. The highest BCUT2D eigenvalue weighted by atomic mass is 19.1. The Morgan fingerprint density at radius 1 is 1.17 bits per heavy atom. The molecule has 5 nitrogen and oxygen atoms in total. The minimum Gasteiger partial charge on any atom is -0.394 e. The Morgan fingerprint density at radius 2 is 1.86 bits per heavy atom. The van der Waals surface area contributed by atoms with Crippen LogP contribution in [0.3, 0.4) is 0 Å². The first-order valence-electron chi connectivity index (χ1n) is 9.19. The number of benzene rings is 2. The number of nitrogens with one attached hydrogen (secondary N) is 2. The molecule has 1 heterocycles. The lowest BCUT2D eigenvalue weighted by atomic mass is 10.0. The summed E-state index contributed by atoms with van der Waals surface area (Å²) >= 11 is 0. The maximum atomic E-state index is 14.3. The van der Waals surface area contributed by atoms with E-state index >= 15 is 0 Å². The molecule has 29 heavy (non-hydrogen) atoms. The van der Waals surface area contributed by atoms with Gasteiger partial charge in [0.15, 0.2) is 0 Å². The average Bonchev–Trinajstić information content (AvgIpc) is 3.06. The van der Waals surface area contributed by atoms with Gasteiger partial charge < -0.3 is 20.3 Å². The molecule has 0 radical (unpaired) electrons. The average molecular weight is 405 g/mol. The summed E-state index contributed by atoms with van der Waals surface area (Å²) in [6.07, 6.45) is 0.294. The Kier molecular flexibility index (Phi) is 6.12. The second-order valence-corrected chi connectivity index (χ2v) is 6.92. The first kappa shape index (κ1) is 20.7. The van der Waals surface area contributed by atoms with Crippen LogP contribution >= 0.6 is 0 Å². The zero-order valence-corrected chi connectivity index (χ0v) is 16.1. The molecule has 3 aromatic rings. The number of hydrogen-bond acceptors (Lipinski definition) is 2. The predicted octanol–water partition coefficient (Wildman–Crippen LogP) is 3.82. The SMILES string of the molecule is C[C@@H](CO)N(C)C(=O)NCCc1c(-c2ccc(F)cc2)[nH]c2c(F)cc(F)cc12. The van der Waals surface area contributed by atoms with Crippen LogP contribution in [0.2, 0.25) is 0 Å². The third-order valence-corrected chi connectivity index (χ3v) is 4.96. The van der Waals surface area contributed by atoms with Crippen LogP contribution in [0.1, 0.15) is 12.5 Å². The summed E-state index contributed by atoms with van der Waals surface area (Å²) in [6.45, 7) is 1.75. The normalized spacial score (nSPS) is 12.2. The standard InChI is InChI=1S/C21H22F3N3O2/c1-12(11-28)27(2)21(29)25-8-7-16-17-9-15(23)10-18(24)20(17)26-19(16)13-3-5-14(22)6-4-13/h3-6,9-10,12,26,28H,7-8,11H2,1-2H3,(H,25,29)/t12-/m0/s1. The van der Waals surface area contributed by atoms with Crippen LogP contribution < -0.4 is 5.32 Å². The predicted molar refractivity (Wildman–Crippen MR) is 105 cm³/mol. The van der Waals surface area contributed by atoms with Crippen molar-refractivity contribution in [3.05, 3.63) is 59.4 Å². The molecule has 0 aliphatic carbocycles. The van der Waals surface area contributed by atoms with Crippen LogP contribution in [-0.2, 0) is 6.42 Å². The second-order valence-electron chi connectivity index (χ2n) is 6.92. The second kappa shape index (κ2) is 8.57. The van der Waals surface area contributed by atoms with Gasteiger partial charge in [0, 0.05) is 30.7 Å². The summed E-state index contributed by atoms with van der Waals surface area (Å²) in [5, 5.41) is 12.3. The van der Waals surface area contributed by atoms with Crippen molar-refractivity contribution in [1.29, 1.82) is 0 Å². The van der Waals surface area contributed by atoms with Gasteiger partial charge in [-0.05, 0) is 54.8 Å². The van der Waals surface area contributed by atoms with Crippen molar-refractivity contribution in [2.75, 3.05) is 20.2 Å². The number of aromatic nitrogens is 1. The van der Waals surface area contributed by atoms with Crippen LogP contribution in [0, 0.1) is 17.5 Å². The molecule has 1 aromatic heterocycles. The van der Waals surface area contributed by atoms with E-state index in [1.807, 2.05) is 0 Å². The minimum atomic E-state index is -0.727. The van der Waals surface area contributed by atoms with Gasteiger partial charge in [0.2, 0.25) is 0 Å². The molecule has 0 saturated carbocycles. The zero-order chi connectivity index (χ0) is 21.1. The molecule has 0 fully saturated rings. The molecule has 3 rings (SSSR count). The number of nitrogens with zero attached hydrogens (tertiary/aromatic N) is 1. The molecule has 0 aliphatic heterocycles. The summed E-state index contributed by atoms with van der Waals surface area (Å²) in [4.78, 5) is 16.5. The smallest absolute Gasteiger partial charge is 0.317 e. The number of rotatable bonds is 6. The highest BCUT2D eigenvalue weighted by molar-refractivity contribution is 5.91. The number of likely N-dealkylation sites (N-methyl/N-ethyl adjacent to an activating group) is 1. The van der Waals surface area contributed by atoms with E-state index in [2.05, 4.69) is 10.3 Å². The van der Waals surface area contributed by atoms with E-state index in [4.69, 9.17) is 5.11 Å². The number of aliphatic hydroxyl groups excluding tert-OH is 1. The van der Waals surface area contributed by atoms with Gasteiger partial charge >= 0.3 is 6.03 Å². The Bertz CT molecular complexity index is 1020. The maximum absolute atomic E-state index is 14.3. The Hall–Kier alpha value is -3.00. The quantitative estimate of drug-likeness (QED) is 0.584. The monoisotopic (exact) mass is 405 g/mol.